The third-order valence-corrected chi connectivity index (χ3v) is 1.44. The molecule has 0 spiro atoms. The Bertz CT molecular complexity index is 243. The number of benzene rings is 1. The predicted octanol–water partition coefficient (Wildman–Crippen LogP) is 3.06. The van der Waals surface area contributed by atoms with E-state index in [0.29, 0.717) is 5.02 Å². The molecule has 0 atom stereocenters. The second-order valence-electron chi connectivity index (χ2n) is 1.84. The summed E-state index contributed by atoms with van der Waals surface area (Å²) in [5.41, 5.74) is 0.826. The lowest BCUT2D eigenvalue weighted by atomic mass is 10.3. The first-order valence-corrected chi connectivity index (χ1v) is 3.45. The molecular formula is C8H8ClN. The summed E-state index contributed by atoms with van der Waals surface area (Å²) in [6.07, 6.45) is 1.72. The summed E-state index contributed by atoms with van der Waals surface area (Å²) in [5.74, 6) is 0. The SMILES string of the molecule is CC=Nc1ccccc1Cl. The minimum absolute atomic E-state index is 0.695. The van der Waals surface area contributed by atoms with Crippen LogP contribution in [0.5, 0.6) is 0 Å². The van der Waals surface area contributed by atoms with E-state index in [1.54, 1.807) is 6.21 Å². The van der Waals surface area contributed by atoms with Gasteiger partial charge in [0.05, 0.1) is 10.7 Å². The summed E-state index contributed by atoms with van der Waals surface area (Å²) < 4.78 is 0. The molecule has 0 radical (unpaired) electrons. The normalized spacial score (nSPS) is 10.6. The maximum absolute atomic E-state index is 5.79. The average molecular weight is 154 g/mol. The Hall–Kier alpha value is -0.820. The first-order chi connectivity index (χ1) is 4.84. The van der Waals surface area contributed by atoms with Gasteiger partial charge in [-0.25, -0.2) is 0 Å². The number of para-hydroxylation sites is 1. The monoisotopic (exact) mass is 153 g/mol. The molecule has 52 valence electrons. The number of halogens is 1. The maximum Gasteiger partial charge on any atom is 0.0811 e. The first-order valence-electron chi connectivity index (χ1n) is 3.08. The number of nitrogens with zero attached hydrogens (tertiary/aromatic N) is 1. The first kappa shape index (κ1) is 7.29. The van der Waals surface area contributed by atoms with Gasteiger partial charge in [-0.05, 0) is 19.1 Å². The Morgan fingerprint density at radius 1 is 1.40 bits per heavy atom. The van der Waals surface area contributed by atoms with Gasteiger partial charge in [-0.3, -0.25) is 4.99 Å². The van der Waals surface area contributed by atoms with Crippen LogP contribution in [-0.2, 0) is 0 Å². The Kier molecular flexibility index (Phi) is 2.46. The summed E-state index contributed by atoms with van der Waals surface area (Å²) in [7, 11) is 0. The van der Waals surface area contributed by atoms with Crippen molar-refractivity contribution in [2.24, 2.45) is 4.99 Å². The van der Waals surface area contributed by atoms with Crippen LogP contribution in [0.2, 0.25) is 5.02 Å². The van der Waals surface area contributed by atoms with Gasteiger partial charge in [0.2, 0.25) is 0 Å². The van der Waals surface area contributed by atoms with Crippen LogP contribution in [0, 0.1) is 0 Å². The van der Waals surface area contributed by atoms with Crippen LogP contribution in [0.15, 0.2) is 29.3 Å². The van der Waals surface area contributed by atoms with Crippen LogP contribution < -0.4 is 0 Å². The lowest BCUT2D eigenvalue weighted by molar-refractivity contribution is 1.53. The van der Waals surface area contributed by atoms with Crippen molar-refractivity contribution in [2.75, 3.05) is 0 Å². The van der Waals surface area contributed by atoms with E-state index in [1.807, 2.05) is 31.2 Å². The fraction of sp³-hybridized carbons (Fsp3) is 0.125. The second-order valence-corrected chi connectivity index (χ2v) is 2.25. The molecule has 0 aliphatic carbocycles. The number of rotatable bonds is 1. The lowest BCUT2D eigenvalue weighted by Gasteiger charge is -1.93. The molecule has 0 unspecified atom stereocenters. The topological polar surface area (TPSA) is 12.4 Å². The molecular weight excluding hydrogens is 146 g/mol. The van der Waals surface area contributed by atoms with Crippen LogP contribution in [0.4, 0.5) is 5.69 Å². The van der Waals surface area contributed by atoms with Gasteiger partial charge in [-0.15, -0.1) is 0 Å². The largest absolute Gasteiger partial charge is 0.260 e. The van der Waals surface area contributed by atoms with Gasteiger partial charge in [-0.2, -0.15) is 0 Å². The van der Waals surface area contributed by atoms with Gasteiger partial charge in [0, 0.05) is 6.21 Å². The zero-order valence-corrected chi connectivity index (χ0v) is 6.47. The van der Waals surface area contributed by atoms with Gasteiger partial charge < -0.3 is 0 Å². The third kappa shape index (κ3) is 1.58. The Balaban J connectivity index is 3.03. The van der Waals surface area contributed by atoms with Crippen LogP contribution >= 0.6 is 11.6 Å². The molecule has 0 heterocycles. The predicted molar refractivity (Wildman–Crippen MR) is 45.3 cm³/mol. The number of aliphatic imine (C=N–C) groups is 1. The van der Waals surface area contributed by atoms with Crippen molar-refractivity contribution in [1.29, 1.82) is 0 Å². The van der Waals surface area contributed by atoms with Gasteiger partial charge in [0.1, 0.15) is 0 Å². The maximum atomic E-state index is 5.79. The molecule has 1 aromatic carbocycles. The van der Waals surface area contributed by atoms with Crippen molar-refractivity contribution in [1.82, 2.24) is 0 Å². The van der Waals surface area contributed by atoms with E-state index in [9.17, 15) is 0 Å². The molecule has 0 aliphatic heterocycles. The van der Waals surface area contributed by atoms with Crippen molar-refractivity contribution in [3.63, 3.8) is 0 Å². The van der Waals surface area contributed by atoms with Crippen LogP contribution in [0.1, 0.15) is 6.92 Å². The Morgan fingerprint density at radius 3 is 2.70 bits per heavy atom. The van der Waals surface area contributed by atoms with Gasteiger partial charge >= 0.3 is 0 Å². The highest BCUT2D eigenvalue weighted by atomic mass is 35.5. The molecule has 1 nitrogen and oxygen atoms in total. The van der Waals surface area contributed by atoms with Crippen molar-refractivity contribution in [3.8, 4) is 0 Å². The molecule has 1 rings (SSSR count). The molecule has 0 aliphatic rings. The summed E-state index contributed by atoms with van der Waals surface area (Å²) in [6.45, 7) is 1.86. The zero-order valence-electron chi connectivity index (χ0n) is 5.71. The molecule has 0 fully saturated rings. The molecule has 0 saturated carbocycles. The molecule has 1 aromatic rings. The molecule has 0 amide bonds. The highest BCUT2D eigenvalue weighted by Gasteiger charge is 1.91. The van der Waals surface area contributed by atoms with E-state index in [1.165, 1.54) is 0 Å². The molecule has 10 heavy (non-hydrogen) atoms. The number of hydrogen-bond acceptors (Lipinski definition) is 1. The summed E-state index contributed by atoms with van der Waals surface area (Å²) >= 11 is 5.79. The summed E-state index contributed by atoms with van der Waals surface area (Å²) in [4.78, 5) is 4.05. The summed E-state index contributed by atoms with van der Waals surface area (Å²) in [5, 5.41) is 0.695. The fourth-order valence-electron chi connectivity index (χ4n) is 0.696. The van der Waals surface area contributed by atoms with E-state index in [0.717, 1.165) is 5.69 Å². The van der Waals surface area contributed by atoms with Crippen molar-refractivity contribution in [3.05, 3.63) is 29.3 Å². The van der Waals surface area contributed by atoms with E-state index in [-0.39, 0.29) is 0 Å². The van der Waals surface area contributed by atoms with E-state index in [4.69, 9.17) is 11.6 Å². The van der Waals surface area contributed by atoms with Crippen LogP contribution in [0.3, 0.4) is 0 Å². The number of hydrogen-bond donors (Lipinski definition) is 0. The van der Waals surface area contributed by atoms with Crippen LogP contribution in [0.25, 0.3) is 0 Å². The molecule has 2 heteroatoms. The highest BCUT2D eigenvalue weighted by molar-refractivity contribution is 6.33. The summed E-state index contributed by atoms with van der Waals surface area (Å²) in [6, 6.07) is 7.50. The van der Waals surface area contributed by atoms with Crippen molar-refractivity contribution >= 4 is 23.5 Å². The van der Waals surface area contributed by atoms with Crippen molar-refractivity contribution < 1.29 is 0 Å². The quantitative estimate of drug-likeness (QED) is 0.550. The fourth-order valence-corrected chi connectivity index (χ4v) is 0.880. The second kappa shape index (κ2) is 3.37. The Labute approximate surface area is 65.4 Å². The van der Waals surface area contributed by atoms with E-state index >= 15 is 0 Å². The van der Waals surface area contributed by atoms with E-state index < -0.39 is 0 Å². The average Bonchev–Trinajstić information content (AvgIpc) is 1.94. The minimum atomic E-state index is 0.695. The van der Waals surface area contributed by atoms with Gasteiger partial charge in [-0.1, -0.05) is 23.7 Å². The Morgan fingerprint density at radius 2 is 2.10 bits per heavy atom. The van der Waals surface area contributed by atoms with Gasteiger partial charge in [0.15, 0.2) is 0 Å². The van der Waals surface area contributed by atoms with Gasteiger partial charge in [0.25, 0.3) is 0 Å². The smallest absolute Gasteiger partial charge is 0.0811 e. The van der Waals surface area contributed by atoms with Crippen LogP contribution in [-0.4, -0.2) is 6.21 Å². The molecule has 0 N–H and O–H groups in total. The molecule has 0 saturated heterocycles. The van der Waals surface area contributed by atoms with Crippen molar-refractivity contribution in [2.45, 2.75) is 6.92 Å². The third-order valence-electron chi connectivity index (χ3n) is 1.12. The molecule has 0 bridgehead atoms. The lowest BCUT2D eigenvalue weighted by Crippen LogP contribution is -1.66. The zero-order chi connectivity index (χ0) is 7.40. The highest BCUT2D eigenvalue weighted by Crippen LogP contribution is 2.22. The standard InChI is InChI=1S/C8H8ClN/c1-2-10-8-6-4-3-5-7(8)9/h2-6H,1H3. The molecule has 0 aromatic heterocycles. The minimum Gasteiger partial charge on any atom is -0.260 e. The van der Waals surface area contributed by atoms with E-state index in [2.05, 4.69) is 4.99 Å².